The van der Waals surface area contributed by atoms with Crippen molar-refractivity contribution in [3.8, 4) is 6.07 Å². The summed E-state index contributed by atoms with van der Waals surface area (Å²) in [6.07, 6.45) is 5.41. The molecule has 0 bridgehead atoms. The maximum atomic E-state index is 12.6. The predicted octanol–water partition coefficient (Wildman–Crippen LogP) is 2.16. The van der Waals surface area contributed by atoms with Gasteiger partial charge in [0.05, 0.1) is 11.3 Å². The number of rotatable bonds is 4. The quantitative estimate of drug-likeness (QED) is 0.568. The van der Waals surface area contributed by atoms with Gasteiger partial charge in [-0.1, -0.05) is 0 Å². The molecule has 1 aliphatic heterocycles. The molecule has 0 spiro atoms. The lowest BCUT2D eigenvalue weighted by molar-refractivity contribution is 0.218. The van der Waals surface area contributed by atoms with E-state index < -0.39 is 0 Å². The monoisotopic (exact) mass is 438 g/mol. The molecule has 3 aromatic rings. The van der Waals surface area contributed by atoms with Crippen LogP contribution in [0.1, 0.15) is 24.2 Å². The summed E-state index contributed by atoms with van der Waals surface area (Å²) < 4.78 is 3.97. The SMILES string of the molecule is CN(c1c(C#N)cnc2[nH]ccc12)[C@H]1C[C@@H]2CN(C(=O)Nc3nc(CO)ns3)C[C@@H]2C1. The van der Waals surface area contributed by atoms with E-state index in [0.29, 0.717) is 47.5 Å². The molecule has 2 fully saturated rings. The maximum absolute atomic E-state index is 12.6. The van der Waals surface area contributed by atoms with E-state index in [2.05, 4.69) is 35.6 Å². The Kier molecular flexibility index (Phi) is 4.95. The van der Waals surface area contributed by atoms with Gasteiger partial charge in [0.2, 0.25) is 5.13 Å². The zero-order chi connectivity index (χ0) is 21.5. The molecule has 5 rings (SSSR count). The Hall–Kier alpha value is -3.23. The van der Waals surface area contributed by atoms with Crippen LogP contribution in [0.25, 0.3) is 11.0 Å². The van der Waals surface area contributed by atoms with Gasteiger partial charge in [-0.15, -0.1) is 0 Å². The molecule has 1 aliphatic carbocycles. The number of amides is 2. The van der Waals surface area contributed by atoms with Crippen molar-refractivity contribution >= 4 is 39.4 Å². The normalized spacial score (nSPS) is 22.5. The highest BCUT2D eigenvalue weighted by Crippen LogP contribution is 2.42. The number of aromatic nitrogens is 4. The molecule has 1 saturated heterocycles. The van der Waals surface area contributed by atoms with Crippen molar-refractivity contribution in [3.05, 3.63) is 29.8 Å². The first-order valence-electron chi connectivity index (χ1n) is 10.2. The second-order valence-electron chi connectivity index (χ2n) is 8.14. The van der Waals surface area contributed by atoms with Gasteiger partial charge in [-0.2, -0.15) is 9.64 Å². The van der Waals surface area contributed by atoms with E-state index in [-0.39, 0.29) is 12.6 Å². The number of hydrogen-bond donors (Lipinski definition) is 3. The Morgan fingerprint density at radius 3 is 2.90 bits per heavy atom. The number of carbonyl (C=O) groups excluding carboxylic acids is 1. The molecule has 160 valence electrons. The van der Waals surface area contributed by atoms with Crippen LogP contribution in [-0.4, -0.2) is 61.5 Å². The minimum atomic E-state index is -0.241. The maximum Gasteiger partial charge on any atom is 0.323 e. The highest BCUT2D eigenvalue weighted by molar-refractivity contribution is 7.09. The fourth-order valence-corrected chi connectivity index (χ4v) is 5.50. The van der Waals surface area contributed by atoms with Crippen LogP contribution in [0.3, 0.4) is 0 Å². The van der Waals surface area contributed by atoms with Crippen LogP contribution >= 0.6 is 11.5 Å². The first kappa shape index (κ1) is 19.7. The second-order valence-corrected chi connectivity index (χ2v) is 8.89. The number of nitriles is 1. The molecular formula is C20H22N8O2S. The van der Waals surface area contributed by atoms with Crippen LogP contribution in [0.4, 0.5) is 15.6 Å². The molecule has 3 aromatic heterocycles. The van der Waals surface area contributed by atoms with Crippen LogP contribution in [-0.2, 0) is 6.61 Å². The van der Waals surface area contributed by atoms with Crippen molar-refractivity contribution in [2.75, 3.05) is 30.4 Å². The van der Waals surface area contributed by atoms with E-state index >= 15 is 0 Å². The molecular weight excluding hydrogens is 416 g/mol. The minimum absolute atomic E-state index is 0.171. The number of H-pyrrole nitrogens is 1. The van der Waals surface area contributed by atoms with Crippen molar-refractivity contribution in [3.63, 3.8) is 0 Å². The van der Waals surface area contributed by atoms with Gasteiger partial charge < -0.3 is 19.9 Å². The Balaban J connectivity index is 1.26. The van der Waals surface area contributed by atoms with Gasteiger partial charge in [0.1, 0.15) is 18.3 Å². The third-order valence-corrected chi connectivity index (χ3v) is 7.08. The van der Waals surface area contributed by atoms with Crippen molar-refractivity contribution in [1.82, 2.24) is 24.2 Å². The first-order chi connectivity index (χ1) is 15.1. The summed E-state index contributed by atoms with van der Waals surface area (Å²) in [6, 6.07) is 4.38. The zero-order valence-electron chi connectivity index (χ0n) is 16.9. The molecule has 4 heterocycles. The minimum Gasteiger partial charge on any atom is -0.388 e. The topological polar surface area (TPSA) is 134 Å². The van der Waals surface area contributed by atoms with Crippen LogP contribution in [0.15, 0.2) is 18.5 Å². The van der Waals surface area contributed by atoms with Gasteiger partial charge in [0.15, 0.2) is 5.82 Å². The molecule has 0 radical (unpaired) electrons. The van der Waals surface area contributed by atoms with Crippen molar-refractivity contribution in [1.29, 1.82) is 5.26 Å². The van der Waals surface area contributed by atoms with Gasteiger partial charge in [0.25, 0.3) is 0 Å². The molecule has 0 unspecified atom stereocenters. The number of aromatic amines is 1. The number of urea groups is 1. The number of aliphatic hydroxyl groups excluding tert-OH is 1. The highest BCUT2D eigenvalue weighted by atomic mass is 32.1. The molecule has 11 heteroatoms. The van der Waals surface area contributed by atoms with Gasteiger partial charge in [-0.25, -0.2) is 14.8 Å². The molecule has 0 aromatic carbocycles. The summed E-state index contributed by atoms with van der Waals surface area (Å²) in [4.78, 5) is 28.2. The van der Waals surface area contributed by atoms with E-state index in [1.54, 1.807) is 6.20 Å². The summed E-state index contributed by atoms with van der Waals surface area (Å²) in [6.45, 7) is 1.16. The number of nitrogens with zero attached hydrogens (tertiary/aromatic N) is 6. The number of carbonyl (C=O) groups is 1. The van der Waals surface area contributed by atoms with E-state index in [1.807, 2.05) is 24.2 Å². The van der Waals surface area contributed by atoms with Gasteiger partial charge in [-0.05, 0) is 30.7 Å². The molecule has 2 aliphatic rings. The van der Waals surface area contributed by atoms with E-state index in [9.17, 15) is 10.1 Å². The lowest BCUT2D eigenvalue weighted by atomic mass is 10.0. The number of nitrogens with one attached hydrogen (secondary N) is 2. The van der Waals surface area contributed by atoms with Gasteiger partial charge in [0, 0.05) is 55.5 Å². The molecule has 3 atom stereocenters. The van der Waals surface area contributed by atoms with Crippen molar-refractivity contribution < 1.29 is 9.90 Å². The Morgan fingerprint density at radius 1 is 1.45 bits per heavy atom. The second kappa shape index (κ2) is 7.79. The highest BCUT2D eigenvalue weighted by Gasteiger charge is 2.44. The van der Waals surface area contributed by atoms with E-state index in [1.165, 1.54) is 0 Å². The summed E-state index contributed by atoms with van der Waals surface area (Å²) >= 11 is 1.07. The average molecular weight is 439 g/mol. The Morgan fingerprint density at radius 2 is 2.23 bits per heavy atom. The predicted molar refractivity (Wildman–Crippen MR) is 116 cm³/mol. The largest absolute Gasteiger partial charge is 0.388 e. The lowest BCUT2D eigenvalue weighted by Crippen LogP contribution is -2.36. The fourth-order valence-electron chi connectivity index (χ4n) is 4.93. The Bertz CT molecular complexity index is 1150. The van der Waals surface area contributed by atoms with Crippen molar-refractivity contribution in [2.45, 2.75) is 25.5 Å². The zero-order valence-corrected chi connectivity index (χ0v) is 17.8. The number of fused-ring (bicyclic) bond motifs is 2. The van der Waals surface area contributed by atoms with Crippen LogP contribution in [0.2, 0.25) is 0 Å². The van der Waals surface area contributed by atoms with Crippen molar-refractivity contribution in [2.24, 2.45) is 11.8 Å². The Labute approximate surface area is 182 Å². The lowest BCUT2D eigenvalue weighted by Gasteiger charge is -2.29. The molecule has 2 amide bonds. The summed E-state index contributed by atoms with van der Waals surface area (Å²) in [7, 11) is 2.05. The first-order valence-corrected chi connectivity index (χ1v) is 10.9. The van der Waals surface area contributed by atoms with Crippen LogP contribution in [0.5, 0.6) is 0 Å². The molecule has 10 nitrogen and oxygen atoms in total. The number of likely N-dealkylation sites (tertiary alicyclic amines) is 1. The molecule has 3 N–H and O–H groups in total. The van der Waals surface area contributed by atoms with Gasteiger partial charge in [-0.3, -0.25) is 5.32 Å². The molecule has 1 saturated carbocycles. The number of aliphatic hydroxyl groups is 1. The van der Waals surface area contributed by atoms with E-state index in [0.717, 1.165) is 41.1 Å². The third-order valence-electron chi connectivity index (χ3n) is 6.42. The fraction of sp³-hybridized carbons (Fsp3) is 0.450. The smallest absolute Gasteiger partial charge is 0.323 e. The number of hydrogen-bond acceptors (Lipinski definition) is 8. The van der Waals surface area contributed by atoms with Gasteiger partial charge >= 0.3 is 6.03 Å². The standard InChI is InChI=1S/C20H22N8O2S/c1-27(17-13(6-21)7-23-18-15(17)2-3-22-18)14-4-11-8-28(9-12(11)5-14)20(30)25-19-24-16(10-29)26-31-19/h2-3,7,11-12,14,29H,4-5,8-10H2,1H3,(H,22,23)(H,24,25,26,30)/t11-,12+,14+. The molecule has 31 heavy (non-hydrogen) atoms. The van der Waals surface area contributed by atoms with E-state index in [4.69, 9.17) is 5.11 Å². The average Bonchev–Trinajstić information content (AvgIpc) is 3.54. The summed E-state index contributed by atoms with van der Waals surface area (Å²) in [5.74, 6) is 1.17. The number of pyridine rings is 1. The number of anilines is 2. The third kappa shape index (κ3) is 3.47. The van der Waals surface area contributed by atoms with Crippen LogP contribution in [0, 0.1) is 23.2 Å². The summed E-state index contributed by atoms with van der Waals surface area (Å²) in [5, 5.41) is 22.8. The summed E-state index contributed by atoms with van der Waals surface area (Å²) in [5.41, 5.74) is 2.28. The van der Waals surface area contributed by atoms with Crippen LogP contribution < -0.4 is 10.2 Å².